The number of piperidine rings is 1. The molecule has 0 spiro atoms. The van der Waals surface area contributed by atoms with Crippen LogP contribution in [0, 0.1) is 40.9 Å². The van der Waals surface area contributed by atoms with Gasteiger partial charge in [0.2, 0.25) is 0 Å². The minimum absolute atomic E-state index is 0.223. The number of carbonyl (C=O) groups is 1. The lowest BCUT2D eigenvalue weighted by molar-refractivity contribution is -0.192. The largest absolute Gasteiger partial charge is 0.490 e. The third-order valence-electron chi connectivity index (χ3n) is 7.08. The summed E-state index contributed by atoms with van der Waals surface area (Å²) in [4.78, 5) is 16.5. The number of rotatable bonds is 7. The lowest BCUT2D eigenvalue weighted by atomic mass is 9.65. The highest BCUT2D eigenvalue weighted by Gasteiger charge is 2.42. The first kappa shape index (κ1) is 29.4. The third kappa shape index (κ3) is 8.17. The highest BCUT2D eigenvalue weighted by atomic mass is 19.4. The molecule has 1 fully saturated rings. The summed E-state index contributed by atoms with van der Waals surface area (Å²) in [6, 6.07) is 21.3. The number of imidazole rings is 1. The Morgan fingerprint density at radius 1 is 1.21 bits per heavy atom. The van der Waals surface area contributed by atoms with Crippen molar-refractivity contribution in [3.63, 3.8) is 0 Å². The van der Waals surface area contributed by atoms with E-state index in [1.54, 1.807) is 6.33 Å². The minimum Gasteiger partial charge on any atom is -0.475 e. The molecule has 0 amide bonds. The van der Waals surface area contributed by atoms with Crippen molar-refractivity contribution in [2.75, 3.05) is 13.1 Å². The molecule has 1 saturated heterocycles. The topological polar surface area (TPSA) is 126 Å². The Kier molecular flexibility index (Phi) is 9.86. The zero-order valence-electron chi connectivity index (χ0n) is 21.5. The summed E-state index contributed by atoms with van der Waals surface area (Å²) in [5.74, 6) is -2.30. The predicted octanol–water partition coefficient (Wildman–Crippen LogP) is 5.30. The van der Waals surface area contributed by atoms with Gasteiger partial charge in [0.05, 0.1) is 29.4 Å². The van der Waals surface area contributed by atoms with E-state index < -0.39 is 12.1 Å². The number of halogens is 3. The Morgan fingerprint density at radius 3 is 2.49 bits per heavy atom. The number of nitriles is 2. The van der Waals surface area contributed by atoms with Crippen molar-refractivity contribution in [1.82, 2.24) is 15.3 Å². The number of hydrogen-bond donors (Lipinski definition) is 3. The summed E-state index contributed by atoms with van der Waals surface area (Å²) >= 11 is 0. The van der Waals surface area contributed by atoms with Gasteiger partial charge in [-0.05, 0) is 74.9 Å². The van der Waals surface area contributed by atoms with Gasteiger partial charge in [-0.2, -0.15) is 23.7 Å². The van der Waals surface area contributed by atoms with Gasteiger partial charge >= 0.3 is 12.1 Å². The Bertz CT molecular complexity index is 1310. The molecule has 2 aromatic carbocycles. The second-order valence-electron chi connectivity index (χ2n) is 9.84. The molecule has 3 atom stereocenters. The van der Waals surface area contributed by atoms with Crippen LogP contribution in [0.1, 0.15) is 46.7 Å². The zero-order valence-corrected chi connectivity index (χ0v) is 21.5. The number of aromatic nitrogens is 2. The summed E-state index contributed by atoms with van der Waals surface area (Å²) in [6.07, 6.45) is 1.92. The van der Waals surface area contributed by atoms with Crippen LogP contribution in [0.4, 0.5) is 13.2 Å². The fourth-order valence-electron chi connectivity index (χ4n) is 5.06. The number of carboxylic acid groups (broad SMARTS) is 1. The average molecular weight is 538 g/mol. The molecule has 1 aliphatic rings. The molecule has 2 heterocycles. The second-order valence-corrected chi connectivity index (χ2v) is 9.84. The van der Waals surface area contributed by atoms with E-state index in [9.17, 15) is 18.4 Å². The number of aromatic amines is 1. The maximum absolute atomic E-state index is 10.6. The van der Waals surface area contributed by atoms with Gasteiger partial charge in [-0.25, -0.2) is 9.78 Å². The van der Waals surface area contributed by atoms with E-state index >= 15 is 0 Å². The zero-order chi connectivity index (χ0) is 28.5. The standard InChI is InChI=1S/C27H29N5.C2HF3O2/c1-20-3-2-4-23(11-20)14-27(18-29)9-10-30-16-25(27)13-24(26-17-31-19-32-26)12-21-5-7-22(15-28)8-6-21;3-2(4,5)1(6)7/h2-8,11,17,19,24-25,30H,9-10,12-14,16H2,1H3,(H,31,32);(H,6,7). The van der Waals surface area contributed by atoms with E-state index in [0.29, 0.717) is 5.56 Å². The highest BCUT2D eigenvalue weighted by molar-refractivity contribution is 5.73. The number of nitrogens with one attached hydrogen (secondary N) is 2. The molecule has 0 aliphatic carbocycles. The van der Waals surface area contributed by atoms with Crippen LogP contribution in [0.5, 0.6) is 0 Å². The molecule has 7 nitrogen and oxygen atoms in total. The lowest BCUT2D eigenvalue weighted by Crippen LogP contribution is -2.46. The fraction of sp³-hybridized carbons (Fsp3) is 0.379. The molecule has 10 heteroatoms. The molecule has 4 rings (SSSR count). The fourth-order valence-corrected chi connectivity index (χ4v) is 5.06. The number of benzene rings is 2. The third-order valence-corrected chi connectivity index (χ3v) is 7.08. The first-order valence-electron chi connectivity index (χ1n) is 12.5. The molecule has 0 bridgehead atoms. The molecule has 39 heavy (non-hydrogen) atoms. The van der Waals surface area contributed by atoms with Crippen LogP contribution < -0.4 is 5.32 Å². The molecule has 0 saturated carbocycles. The molecule has 0 radical (unpaired) electrons. The molecular weight excluding hydrogens is 507 g/mol. The summed E-state index contributed by atoms with van der Waals surface area (Å²) in [5, 5.41) is 30.2. The van der Waals surface area contributed by atoms with Crippen molar-refractivity contribution < 1.29 is 23.1 Å². The van der Waals surface area contributed by atoms with Gasteiger partial charge in [0, 0.05) is 17.8 Å². The van der Waals surface area contributed by atoms with E-state index in [2.05, 4.69) is 58.6 Å². The van der Waals surface area contributed by atoms with E-state index in [1.807, 2.05) is 30.5 Å². The van der Waals surface area contributed by atoms with E-state index in [4.69, 9.17) is 15.2 Å². The Balaban J connectivity index is 0.000000532. The summed E-state index contributed by atoms with van der Waals surface area (Å²) in [5.41, 5.74) is 5.05. The Morgan fingerprint density at radius 2 is 1.92 bits per heavy atom. The summed E-state index contributed by atoms with van der Waals surface area (Å²) < 4.78 is 31.7. The van der Waals surface area contributed by atoms with Crippen LogP contribution in [0.3, 0.4) is 0 Å². The molecule has 204 valence electrons. The number of carboxylic acids is 1. The van der Waals surface area contributed by atoms with Crippen LogP contribution >= 0.6 is 0 Å². The number of hydrogen-bond acceptors (Lipinski definition) is 5. The van der Waals surface area contributed by atoms with Gasteiger partial charge in [-0.3, -0.25) is 0 Å². The SMILES string of the molecule is Cc1cccc(CC2(C#N)CCNCC2CC(Cc2ccc(C#N)cc2)c2cnc[nH]2)c1.O=C(O)C(F)(F)F. The quantitative estimate of drug-likeness (QED) is 0.376. The van der Waals surface area contributed by atoms with Crippen molar-refractivity contribution in [3.8, 4) is 12.1 Å². The number of aliphatic carboxylic acids is 1. The maximum Gasteiger partial charge on any atom is 0.490 e. The highest BCUT2D eigenvalue weighted by Crippen LogP contribution is 2.42. The van der Waals surface area contributed by atoms with Gasteiger partial charge in [0.1, 0.15) is 0 Å². The Hall–Kier alpha value is -4.15. The van der Waals surface area contributed by atoms with Gasteiger partial charge in [0.25, 0.3) is 0 Å². The number of H-pyrrole nitrogens is 1. The van der Waals surface area contributed by atoms with Gasteiger partial charge in [-0.1, -0.05) is 42.0 Å². The lowest BCUT2D eigenvalue weighted by Gasteiger charge is -2.41. The van der Waals surface area contributed by atoms with Crippen molar-refractivity contribution in [1.29, 1.82) is 10.5 Å². The van der Waals surface area contributed by atoms with Gasteiger partial charge in [0.15, 0.2) is 0 Å². The first-order chi connectivity index (χ1) is 18.6. The van der Waals surface area contributed by atoms with E-state index in [-0.39, 0.29) is 17.3 Å². The van der Waals surface area contributed by atoms with Crippen LogP contribution in [0.15, 0.2) is 61.1 Å². The number of alkyl halides is 3. The smallest absolute Gasteiger partial charge is 0.475 e. The summed E-state index contributed by atoms with van der Waals surface area (Å²) in [6.45, 7) is 3.83. The Labute approximate surface area is 225 Å². The average Bonchev–Trinajstić information content (AvgIpc) is 3.45. The molecular formula is C29H30F3N5O2. The minimum atomic E-state index is -5.08. The number of nitrogens with zero attached hydrogens (tertiary/aromatic N) is 3. The van der Waals surface area contributed by atoms with Crippen LogP contribution in [0.2, 0.25) is 0 Å². The van der Waals surface area contributed by atoms with Crippen LogP contribution in [0.25, 0.3) is 0 Å². The van der Waals surface area contributed by atoms with Gasteiger partial charge in [-0.15, -0.1) is 0 Å². The van der Waals surface area contributed by atoms with E-state index in [1.165, 1.54) is 16.7 Å². The maximum atomic E-state index is 10.6. The van der Waals surface area contributed by atoms with E-state index in [0.717, 1.165) is 44.5 Å². The van der Waals surface area contributed by atoms with Crippen molar-refractivity contribution in [2.45, 2.75) is 44.7 Å². The van der Waals surface area contributed by atoms with Crippen molar-refractivity contribution in [2.24, 2.45) is 11.3 Å². The predicted molar refractivity (Wildman–Crippen MR) is 138 cm³/mol. The molecule has 3 aromatic rings. The molecule has 1 aromatic heterocycles. The van der Waals surface area contributed by atoms with Crippen molar-refractivity contribution >= 4 is 5.97 Å². The first-order valence-corrected chi connectivity index (χ1v) is 12.5. The normalized spacial score (nSPS) is 19.6. The molecule has 3 N–H and O–H groups in total. The van der Waals surface area contributed by atoms with Crippen molar-refractivity contribution in [3.05, 3.63) is 89.0 Å². The molecule has 1 aliphatic heterocycles. The van der Waals surface area contributed by atoms with Crippen LogP contribution in [-0.2, 0) is 17.6 Å². The molecule has 3 unspecified atom stereocenters. The monoisotopic (exact) mass is 537 g/mol. The second kappa shape index (κ2) is 13.1. The van der Waals surface area contributed by atoms with Gasteiger partial charge < -0.3 is 15.4 Å². The summed E-state index contributed by atoms with van der Waals surface area (Å²) in [7, 11) is 0. The number of aryl methyl sites for hydroxylation is 1. The van der Waals surface area contributed by atoms with Crippen LogP contribution in [-0.4, -0.2) is 40.3 Å².